The van der Waals surface area contributed by atoms with Crippen molar-refractivity contribution in [2.45, 2.75) is 25.3 Å². The molecule has 1 fully saturated rings. The van der Waals surface area contributed by atoms with Crippen LogP contribution in [-0.2, 0) is 0 Å². The van der Waals surface area contributed by atoms with Crippen molar-refractivity contribution >= 4 is 5.82 Å². The van der Waals surface area contributed by atoms with E-state index < -0.39 is 0 Å². The Morgan fingerprint density at radius 1 is 1.57 bits per heavy atom. The van der Waals surface area contributed by atoms with Gasteiger partial charge in [-0.3, -0.25) is 0 Å². The molecule has 1 aliphatic rings. The van der Waals surface area contributed by atoms with E-state index in [4.69, 9.17) is 0 Å². The monoisotopic (exact) mass is 192 g/mol. The lowest BCUT2D eigenvalue weighted by Gasteiger charge is -2.35. The van der Waals surface area contributed by atoms with E-state index in [-0.39, 0.29) is 12.6 Å². The summed E-state index contributed by atoms with van der Waals surface area (Å²) in [5.41, 5.74) is 0. The van der Waals surface area contributed by atoms with Crippen LogP contribution in [0.1, 0.15) is 19.3 Å². The zero-order valence-electron chi connectivity index (χ0n) is 8.06. The van der Waals surface area contributed by atoms with Gasteiger partial charge in [-0.2, -0.15) is 0 Å². The van der Waals surface area contributed by atoms with Crippen LogP contribution in [0.3, 0.4) is 0 Å². The van der Waals surface area contributed by atoms with Crippen LogP contribution in [0.4, 0.5) is 5.82 Å². The van der Waals surface area contributed by atoms with Crippen LogP contribution in [0.15, 0.2) is 12.3 Å². The third kappa shape index (κ3) is 1.85. The summed E-state index contributed by atoms with van der Waals surface area (Å²) in [6, 6.07) is 2.08. The van der Waals surface area contributed by atoms with Crippen molar-refractivity contribution < 1.29 is 5.11 Å². The maximum Gasteiger partial charge on any atom is 0.199 e. The average molecular weight is 192 g/mol. The molecule has 2 rings (SSSR count). The first-order chi connectivity index (χ1) is 6.92. The van der Waals surface area contributed by atoms with Crippen molar-refractivity contribution in [2.75, 3.05) is 18.1 Å². The Morgan fingerprint density at radius 3 is 3.21 bits per heavy atom. The van der Waals surface area contributed by atoms with Gasteiger partial charge in [0, 0.05) is 12.7 Å². The molecule has 14 heavy (non-hydrogen) atoms. The maximum absolute atomic E-state index is 9.23. The molecule has 4 heteroatoms. The largest absolute Gasteiger partial charge is 0.394 e. The molecule has 0 saturated carbocycles. The zero-order valence-corrected chi connectivity index (χ0v) is 8.06. The number of nitrogens with zero attached hydrogens (tertiary/aromatic N) is 3. The van der Waals surface area contributed by atoms with Crippen LogP contribution < -0.4 is 4.90 Å². The lowest BCUT2D eigenvalue weighted by Crippen LogP contribution is -2.42. The number of hydrogen-bond donors (Lipinski definition) is 1. The van der Waals surface area contributed by atoms with Gasteiger partial charge in [0.15, 0.2) is 6.33 Å². The third-order valence-electron chi connectivity index (χ3n) is 2.65. The second kappa shape index (κ2) is 4.37. The molecule has 1 radical (unpaired) electrons. The highest BCUT2D eigenvalue weighted by atomic mass is 16.3. The lowest BCUT2D eigenvalue weighted by molar-refractivity contribution is 0.239. The number of aliphatic hydroxyl groups is 1. The fourth-order valence-corrected chi connectivity index (χ4v) is 1.91. The molecule has 0 amide bonds. The summed E-state index contributed by atoms with van der Waals surface area (Å²) in [4.78, 5) is 9.99. The Labute approximate surface area is 83.6 Å². The molecule has 1 unspecified atom stereocenters. The Kier molecular flexibility index (Phi) is 2.93. The van der Waals surface area contributed by atoms with E-state index in [2.05, 4.69) is 21.2 Å². The molecule has 1 atom stereocenters. The first kappa shape index (κ1) is 9.40. The van der Waals surface area contributed by atoms with E-state index in [0.29, 0.717) is 0 Å². The molecule has 4 nitrogen and oxygen atoms in total. The van der Waals surface area contributed by atoms with Crippen molar-refractivity contribution in [3.63, 3.8) is 0 Å². The van der Waals surface area contributed by atoms with Crippen molar-refractivity contribution in [3.8, 4) is 0 Å². The van der Waals surface area contributed by atoms with E-state index in [9.17, 15) is 5.11 Å². The van der Waals surface area contributed by atoms with Gasteiger partial charge in [-0.15, -0.1) is 0 Å². The third-order valence-corrected chi connectivity index (χ3v) is 2.65. The number of hydrogen-bond acceptors (Lipinski definition) is 4. The van der Waals surface area contributed by atoms with E-state index in [1.807, 2.05) is 6.07 Å². The Hall–Kier alpha value is -1.16. The minimum atomic E-state index is 0.198. The minimum absolute atomic E-state index is 0.198. The molecule has 0 aliphatic carbocycles. The van der Waals surface area contributed by atoms with Gasteiger partial charge >= 0.3 is 0 Å². The van der Waals surface area contributed by atoms with Gasteiger partial charge in [0.05, 0.1) is 12.6 Å². The molecule has 1 saturated heterocycles. The van der Waals surface area contributed by atoms with E-state index >= 15 is 0 Å². The van der Waals surface area contributed by atoms with E-state index in [1.165, 1.54) is 12.8 Å². The number of aliphatic hydroxyl groups excluding tert-OH is 1. The summed E-state index contributed by atoms with van der Waals surface area (Å²) in [6.07, 6.45) is 7.67. The van der Waals surface area contributed by atoms with Gasteiger partial charge in [0.25, 0.3) is 0 Å². The lowest BCUT2D eigenvalue weighted by atomic mass is 10.0. The Morgan fingerprint density at radius 2 is 2.50 bits per heavy atom. The van der Waals surface area contributed by atoms with Crippen LogP contribution in [0.2, 0.25) is 0 Å². The fraction of sp³-hybridized carbons (Fsp3) is 0.600. The number of aromatic nitrogens is 2. The normalized spacial score (nSPS) is 22.4. The quantitative estimate of drug-likeness (QED) is 0.746. The van der Waals surface area contributed by atoms with Gasteiger partial charge in [-0.05, 0) is 25.3 Å². The summed E-state index contributed by atoms with van der Waals surface area (Å²) in [5.74, 6) is 0.874. The van der Waals surface area contributed by atoms with Crippen LogP contribution in [0.5, 0.6) is 0 Å². The summed E-state index contributed by atoms with van der Waals surface area (Å²) >= 11 is 0. The van der Waals surface area contributed by atoms with Crippen LogP contribution in [0.25, 0.3) is 0 Å². The van der Waals surface area contributed by atoms with Gasteiger partial charge in [-0.1, -0.05) is 0 Å². The first-order valence-electron chi connectivity index (χ1n) is 4.98. The molecule has 1 aromatic heterocycles. The highest BCUT2D eigenvalue weighted by Gasteiger charge is 2.22. The second-order valence-electron chi connectivity index (χ2n) is 3.54. The van der Waals surface area contributed by atoms with E-state index in [0.717, 1.165) is 18.8 Å². The highest BCUT2D eigenvalue weighted by Crippen LogP contribution is 2.21. The molecule has 0 aromatic carbocycles. The summed E-state index contributed by atoms with van der Waals surface area (Å²) in [7, 11) is 0. The van der Waals surface area contributed by atoms with E-state index in [1.54, 1.807) is 6.20 Å². The molecule has 2 heterocycles. The van der Waals surface area contributed by atoms with Gasteiger partial charge in [0.2, 0.25) is 0 Å². The summed E-state index contributed by atoms with van der Waals surface area (Å²) in [5, 5.41) is 9.23. The van der Waals surface area contributed by atoms with Gasteiger partial charge < -0.3 is 10.0 Å². The topological polar surface area (TPSA) is 49.2 Å². The minimum Gasteiger partial charge on any atom is -0.394 e. The number of anilines is 1. The highest BCUT2D eigenvalue weighted by molar-refractivity contribution is 5.38. The average Bonchev–Trinajstić information content (AvgIpc) is 2.30. The Balaban J connectivity index is 2.15. The molecule has 0 bridgehead atoms. The summed E-state index contributed by atoms with van der Waals surface area (Å²) in [6.45, 7) is 1.17. The standard InChI is InChI=1S/C10H14N3O/c14-7-9-3-1-2-6-13(9)10-4-5-11-8-12-10/h4-5,9,14H,1-3,6-7H2. The number of piperidine rings is 1. The van der Waals surface area contributed by atoms with Crippen LogP contribution >= 0.6 is 0 Å². The van der Waals surface area contributed by atoms with Crippen LogP contribution in [0, 0.1) is 6.33 Å². The molecular weight excluding hydrogens is 178 g/mol. The van der Waals surface area contributed by atoms with Crippen molar-refractivity contribution in [1.82, 2.24) is 9.97 Å². The predicted octanol–water partition coefficient (Wildman–Crippen LogP) is 0.628. The predicted molar refractivity (Wildman–Crippen MR) is 52.9 cm³/mol. The molecule has 1 aromatic rings. The Bertz CT molecular complexity index is 278. The van der Waals surface area contributed by atoms with Crippen molar-refractivity contribution in [2.24, 2.45) is 0 Å². The van der Waals surface area contributed by atoms with Crippen LogP contribution in [-0.4, -0.2) is 34.3 Å². The zero-order chi connectivity index (χ0) is 9.80. The molecule has 75 valence electrons. The molecule has 1 N–H and O–H groups in total. The SMILES string of the molecule is OCC1CCCCN1c1ccn[c]n1. The maximum atomic E-state index is 9.23. The summed E-state index contributed by atoms with van der Waals surface area (Å²) < 4.78 is 0. The number of rotatable bonds is 2. The molecule has 1 aliphatic heterocycles. The molecule has 0 spiro atoms. The van der Waals surface area contributed by atoms with Crippen molar-refractivity contribution in [3.05, 3.63) is 18.6 Å². The first-order valence-corrected chi connectivity index (χ1v) is 4.98. The van der Waals surface area contributed by atoms with Gasteiger partial charge in [-0.25, -0.2) is 9.97 Å². The smallest absolute Gasteiger partial charge is 0.199 e. The molecular formula is C10H14N3O. The van der Waals surface area contributed by atoms with Gasteiger partial charge in [0.1, 0.15) is 5.82 Å². The van der Waals surface area contributed by atoms with Crippen molar-refractivity contribution in [1.29, 1.82) is 0 Å². The fourth-order valence-electron chi connectivity index (χ4n) is 1.91. The second-order valence-corrected chi connectivity index (χ2v) is 3.54.